The maximum Gasteiger partial charge on any atom is 0.141 e. The van der Waals surface area contributed by atoms with E-state index in [9.17, 15) is 0 Å². The molecule has 0 fully saturated rings. The van der Waals surface area contributed by atoms with Crippen molar-refractivity contribution in [2.45, 2.75) is 0 Å². The number of rotatable bonds is 4. The highest BCUT2D eigenvalue weighted by molar-refractivity contribution is 7.16. The van der Waals surface area contributed by atoms with Crippen LogP contribution in [0.4, 0.5) is 11.5 Å². The van der Waals surface area contributed by atoms with Gasteiger partial charge < -0.3 is 10.1 Å². The Morgan fingerprint density at radius 1 is 0.821 bits per heavy atom. The van der Waals surface area contributed by atoms with E-state index in [4.69, 9.17) is 4.74 Å². The molecule has 5 aromatic rings. The minimum atomic E-state index is 0.779. The van der Waals surface area contributed by atoms with Crippen LogP contribution in [-0.2, 0) is 0 Å². The molecule has 0 radical (unpaired) electrons. The van der Waals surface area contributed by atoms with Crippen LogP contribution in [0.3, 0.4) is 0 Å². The first-order chi connectivity index (χ1) is 13.8. The van der Waals surface area contributed by atoms with E-state index in [1.165, 1.54) is 4.70 Å². The molecule has 28 heavy (non-hydrogen) atoms. The number of anilines is 2. The maximum atomic E-state index is 5.24. The average Bonchev–Trinajstić information content (AvgIpc) is 3.21. The van der Waals surface area contributed by atoms with E-state index in [1.54, 1.807) is 24.8 Å². The molecule has 0 atom stereocenters. The van der Waals surface area contributed by atoms with E-state index in [2.05, 4.69) is 44.5 Å². The van der Waals surface area contributed by atoms with Gasteiger partial charge in [-0.1, -0.05) is 18.2 Å². The number of hydrogen-bond acceptors (Lipinski definition) is 6. The lowest BCUT2D eigenvalue weighted by molar-refractivity contribution is 0.415. The largest absolute Gasteiger partial charge is 0.497 e. The summed E-state index contributed by atoms with van der Waals surface area (Å²) in [7, 11) is 1.67. The molecule has 0 spiro atoms. The normalized spacial score (nSPS) is 11.0. The number of benzene rings is 3. The average molecular weight is 384 g/mol. The van der Waals surface area contributed by atoms with Gasteiger partial charge in [0.2, 0.25) is 0 Å². The Labute approximate surface area is 165 Å². The minimum Gasteiger partial charge on any atom is -0.497 e. The summed E-state index contributed by atoms with van der Waals surface area (Å²) in [6.45, 7) is 0. The first kappa shape index (κ1) is 16.6. The Hall–Kier alpha value is -3.51. The Morgan fingerprint density at radius 3 is 2.54 bits per heavy atom. The van der Waals surface area contributed by atoms with Crippen LogP contribution in [0.2, 0.25) is 0 Å². The SMILES string of the molecule is COc1ccc(-c2ccc3c(Nc4ccc5scnc5c4)ncnc3c2)cc1. The van der Waals surface area contributed by atoms with Gasteiger partial charge in [-0.25, -0.2) is 15.0 Å². The molecule has 3 aromatic carbocycles. The molecule has 0 aliphatic heterocycles. The van der Waals surface area contributed by atoms with Crippen LogP contribution in [0.15, 0.2) is 72.5 Å². The summed E-state index contributed by atoms with van der Waals surface area (Å²) in [4.78, 5) is 13.3. The summed E-state index contributed by atoms with van der Waals surface area (Å²) in [6, 6.07) is 20.4. The lowest BCUT2D eigenvalue weighted by atomic mass is 10.0. The third kappa shape index (κ3) is 3.04. The van der Waals surface area contributed by atoms with Gasteiger partial charge in [0, 0.05) is 11.1 Å². The molecule has 5 nitrogen and oxygen atoms in total. The molecule has 0 aliphatic rings. The molecule has 0 amide bonds. The molecule has 1 N–H and O–H groups in total. The van der Waals surface area contributed by atoms with Crippen LogP contribution < -0.4 is 10.1 Å². The number of methoxy groups -OCH3 is 1. The van der Waals surface area contributed by atoms with Gasteiger partial charge in [-0.3, -0.25) is 0 Å². The highest BCUT2D eigenvalue weighted by Gasteiger charge is 2.07. The lowest BCUT2D eigenvalue weighted by Gasteiger charge is -2.10. The lowest BCUT2D eigenvalue weighted by Crippen LogP contribution is -1.96. The molecule has 0 saturated carbocycles. The number of ether oxygens (including phenoxy) is 1. The van der Waals surface area contributed by atoms with Gasteiger partial charge in [-0.15, -0.1) is 11.3 Å². The van der Waals surface area contributed by atoms with Crippen molar-refractivity contribution in [1.29, 1.82) is 0 Å². The summed E-state index contributed by atoms with van der Waals surface area (Å²) >= 11 is 1.63. The standard InChI is InChI=1S/C22H16N4OS/c1-27-17-6-2-14(3-7-17)15-4-8-18-19(10-15)23-12-24-22(18)26-16-5-9-21-20(11-16)25-13-28-21/h2-13H,1H3,(H,23,24,26). The van der Waals surface area contributed by atoms with E-state index in [0.29, 0.717) is 0 Å². The van der Waals surface area contributed by atoms with E-state index in [-0.39, 0.29) is 0 Å². The Morgan fingerprint density at radius 2 is 1.68 bits per heavy atom. The molecule has 6 heteroatoms. The van der Waals surface area contributed by atoms with Gasteiger partial charge >= 0.3 is 0 Å². The van der Waals surface area contributed by atoms with Crippen LogP contribution in [-0.4, -0.2) is 22.1 Å². The zero-order valence-corrected chi connectivity index (χ0v) is 15.9. The number of hydrogen-bond donors (Lipinski definition) is 1. The fourth-order valence-electron chi connectivity index (χ4n) is 3.19. The van der Waals surface area contributed by atoms with Crippen molar-refractivity contribution in [3.8, 4) is 16.9 Å². The second kappa shape index (κ2) is 6.90. The Bertz CT molecular complexity index is 1280. The zero-order valence-electron chi connectivity index (χ0n) is 15.1. The molecule has 0 saturated heterocycles. The predicted octanol–water partition coefficient (Wildman–Crippen LogP) is 5.66. The quantitative estimate of drug-likeness (QED) is 0.433. The molecule has 0 unspecified atom stereocenters. The molecule has 0 aliphatic carbocycles. The molecule has 0 bridgehead atoms. The minimum absolute atomic E-state index is 0.779. The van der Waals surface area contributed by atoms with Crippen LogP contribution in [0, 0.1) is 0 Å². The Kier molecular flexibility index (Phi) is 4.10. The van der Waals surface area contributed by atoms with E-state index >= 15 is 0 Å². The van der Waals surface area contributed by atoms with Crippen molar-refractivity contribution in [1.82, 2.24) is 15.0 Å². The first-order valence-corrected chi connectivity index (χ1v) is 9.67. The molecular weight excluding hydrogens is 368 g/mol. The van der Waals surface area contributed by atoms with Gasteiger partial charge in [0.25, 0.3) is 0 Å². The van der Waals surface area contributed by atoms with Crippen molar-refractivity contribution in [2.75, 3.05) is 12.4 Å². The number of aromatic nitrogens is 3. The van der Waals surface area contributed by atoms with Gasteiger partial charge in [-0.05, 0) is 53.6 Å². The third-order valence-corrected chi connectivity index (χ3v) is 5.46. The number of nitrogens with zero attached hydrogens (tertiary/aromatic N) is 3. The Balaban J connectivity index is 1.51. The number of nitrogens with one attached hydrogen (secondary N) is 1. The van der Waals surface area contributed by atoms with Gasteiger partial charge in [0.1, 0.15) is 17.9 Å². The summed E-state index contributed by atoms with van der Waals surface area (Å²) in [6.07, 6.45) is 1.59. The number of thiazole rings is 1. The molecule has 2 heterocycles. The molecular formula is C22H16N4OS. The van der Waals surface area contributed by atoms with E-state index in [1.807, 2.05) is 41.9 Å². The zero-order chi connectivity index (χ0) is 18.9. The predicted molar refractivity (Wildman–Crippen MR) is 114 cm³/mol. The second-order valence-corrected chi connectivity index (χ2v) is 7.23. The number of fused-ring (bicyclic) bond motifs is 2. The highest BCUT2D eigenvalue weighted by atomic mass is 32.1. The van der Waals surface area contributed by atoms with E-state index < -0.39 is 0 Å². The fraction of sp³-hybridized carbons (Fsp3) is 0.0455. The van der Waals surface area contributed by atoms with Crippen molar-refractivity contribution in [3.63, 3.8) is 0 Å². The van der Waals surface area contributed by atoms with Gasteiger partial charge in [-0.2, -0.15) is 0 Å². The summed E-state index contributed by atoms with van der Waals surface area (Å²) in [5.41, 5.74) is 6.90. The topological polar surface area (TPSA) is 59.9 Å². The van der Waals surface area contributed by atoms with Gasteiger partial charge in [0.05, 0.1) is 28.4 Å². The first-order valence-electron chi connectivity index (χ1n) is 8.80. The smallest absolute Gasteiger partial charge is 0.141 e. The van der Waals surface area contributed by atoms with E-state index in [0.717, 1.165) is 44.8 Å². The second-order valence-electron chi connectivity index (χ2n) is 6.34. The maximum absolute atomic E-state index is 5.24. The molecule has 5 rings (SSSR count). The van der Waals surface area contributed by atoms with Crippen molar-refractivity contribution in [3.05, 3.63) is 72.5 Å². The van der Waals surface area contributed by atoms with Crippen LogP contribution in [0.1, 0.15) is 0 Å². The summed E-state index contributed by atoms with van der Waals surface area (Å²) in [5, 5.41) is 4.37. The van der Waals surface area contributed by atoms with Crippen LogP contribution in [0.25, 0.3) is 32.2 Å². The van der Waals surface area contributed by atoms with Crippen LogP contribution in [0.5, 0.6) is 5.75 Å². The monoisotopic (exact) mass is 384 g/mol. The fourth-order valence-corrected chi connectivity index (χ4v) is 3.85. The molecule has 2 aromatic heterocycles. The van der Waals surface area contributed by atoms with Crippen molar-refractivity contribution < 1.29 is 4.74 Å². The summed E-state index contributed by atoms with van der Waals surface area (Å²) in [5.74, 6) is 1.62. The van der Waals surface area contributed by atoms with Crippen molar-refractivity contribution in [2.24, 2.45) is 0 Å². The van der Waals surface area contributed by atoms with Crippen molar-refractivity contribution >= 4 is 44.0 Å². The van der Waals surface area contributed by atoms with Gasteiger partial charge in [0.15, 0.2) is 0 Å². The van der Waals surface area contributed by atoms with Crippen LogP contribution >= 0.6 is 11.3 Å². The molecule has 136 valence electrons. The third-order valence-electron chi connectivity index (χ3n) is 4.65. The highest BCUT2D eigenvalue weighted by Crippen LogP contribution is 2.30. The summed E-state index contributed by atoms with van der Waals surface area (Å²) < 4.78 is 6.41.